The van der Waals surface area contributed by atoms with E-state index in [1.165, 1.54) is 0 Å². The lowest BCUT2D eigenvalue weighted by Crippen LogP contribution is -2.62. The summed E-state index contributed by atoms with van der Waals surface area (Å²) < 4.78 is 5.12. The molecule has 1 aromatic rings. The molecule has 1 heterocycles. The summed E-state index contributed by atoms with van der Waals surface area (Å²) in [7, 11) is 1.62. The number of hydrogen-bond donors (Lipinski definition) is 3. The fourth-order valence-corrected chi connectivity index (χ4v) is 3.87. The second-order valence-electron chi connectivity index (χ2n) is 8.33. The van der Waals surface area contributed by atoms with Gasteiger partial charge in [0, 0.05) is 23.7 Å². The van der Waals surface area contributed by atoms with Crippen molar-refractivity contribution in [3.8, 4) is 5.75 Å². The molecule has 0 bridgehead atoms. The molecule has 6 nitrogen and oxygen atoms in total. The van der Waals surface area contributed by atoms with Gasteiger partial charge >= 0.3 is 11.8 Å². The lowest BCUT2D eigenvalue weighted by molar-refractivity contribution is -0.140. The molecule has 26 heavy (non-hydrogen) atoms. The van der Waals surface area contributed by atoms with Crippen molar-refractivity contribution >= 4 is 11.8 Å². The van der Waals surface area contributed by atoms with E-state index in [2.05, 4.69) is 43.6 Å². The van der Waals surface area contributed by atoms with E-state index >= 15 is 0 Å². The molecule has 2 amide bonds. The fourth-order valence-electron chi connectivity index (χ4n) is 3.87. The summed E-state index contributed by atoms with van der Waals surface area (Å²) in [6.07, 6.45) is 2.25. The lowest BCUT2D eigenvalue weighted by atomic mass is 9.79. The van der Waals surface area contributed by atoms with Gasteiger partial charge in [-0.25, -0.2) is 0 Å². The highest BCUT2D eigenvalue weighted by atomic mass is 16.5. The average Bonchev–Trinajstić information content (AvgIpc) is 2.52. The Hall–Kier alpha value is -2.08. The van der Waals surface area contributed by atoms with Crippen molar-refractivity contribution in [1.82, 2.24) is 16.0 Å². The number of amides is 2. The first kappa shape index (κ1) is 20.2. The number of rotatable bonds is 5. The Morgan fingerprint density at radius 3 is 2.19 bits per heavy atom. The molecule has 0 spiro atoms. The minimum atomic E-state index is -0.576. The Labute approximate surface area is 156 Å². The highest BCUT2D eigenvalue weighted by Gasteiger charge is 2.38. The second-order valence-corrected chi connectivity index (χ2v) is 8.33. The first-order valence-electron chi connectivity index (χ1n) is 9.11. The topological polar surface area (TPSA) is 79.5 Å². The van der Waals surface area contributed by atoms with Gasteiger partial charge in [0.2, 0.25) is 0 Å². The maximum Gasteiger partial charge on any atom is 0.309 e. The minimum Gasteiger partial charge on any atom is -0.497 e. The Balaban J connectivity index is 1.79. The van der Waals surface area contributed by atoms with Crippen LogP contribution in [0.4, 0.5) is 0 Å². The molecule has 0 atom stereocenters. The van der Waals surface area contributed by atoms with Crippen molar-refractivity contribution in [1.29, 1.82) is 0 Å². The molecule has 0 radical (unpaired) electrons. The van der Waals surface area contributed by atoms with E-state index in [4.69, 9.17) is 4.74 Å². The van der Waals surface area contributed by atoms with Gasteiger partial charge in [-0.15, -0.1) is 0 Å². The van der Waals surface area contributed by atoms with E-state index in [9.17, 15) is 9.59 Å². The van der Waals surface area contributed by atoms with Gasteiger partial charge < -0.3 is 20.7 Å². The molecule has 6 heteroatoms. The number of benzene rings is 1. The van der Waals surface area contributed by atoms with E-state index in [-0.39, 0.29) is 17.1 Å². The van der Waals surface area contributed by atoms with Crippen LogP contribution in [0.1, 0.15) is 46.1 Å². The summed E-state index contributed by atoms with van der Waals surface area (Å²) in [5.74, 6) is -0.337. The predicted molar refractivity (Wildman–Crippen MR) is 102 cm³/mol. The highest BCUT2D eigenvalue weighted by molar-refractivity contribution is 6.35. The Morgan fingerprint density at radius 2 is 1.65 bits per heavy atom. The summed E-state index contributed by atoms with van der Waals surface area (Å²) >= 11 is 0. The van der Waals surface area contributed by atoms with Gasteiger partial charge in [-0.1, -0.05) is 12.1 Å². The molecule has 0 aliphatic carbocycles. The van der Waals surface area contributed by atoms with Crippen molar-refractivity contribution < 1.29 is 14.3 Å². The average molecular weight is 361 g/mol. The largest absolute Gasteiger partial charge is 0.497 e. The molecule has 3 N–H and O–H groups in total. The van der Waals surface area contributed by atoms with Crippen LogP contribution < -0.4 is 20.7 Å². The van der Waals surface area contributed by atoms with Gasteiger partial charge in [0.25, 0.3) is 0 Å². The van der Waals surface area contributed by atoms with Gasteiger partial charge in [0.15, 0.2) is 0 Å². The molecular formula is C20H31N3O3. The molecule has 1 aliphatic rings. The van der Waals surface area contributed by atoms with Gasteiger partial charge in [-0.3, -0.25) is 9.59 Å². The number of hydrogen-bond acceptors (Lipinski definition) is 4. The summed E-state index contributed by atoms with van der Waals surface area (Å²) in [4.78, 5) is 24.3. The normalized spacial score (nSPS) is 18.8. The third-order valence-electron chi connectivity index (χ3n) is 4.59. The van der Waals surface area contributed by atoms with Crippen molar-refractivity contribution in [3.05, 3.63) is 29.8 Å². The van der Waals surface area contributed by atoms with Crippen LogP contribution in [0.15, 0.2) is 24.3 Å². The lowest BCUT2D eigenvalue weighted by Gasteiger charge is -2.46. The maximum absolute atomic E-state index is 12.2. The van der Waals surface area contributed by atoms with Crippen molar-refractivity contribution in [3.63, 3.8) is 0 Å². The molecule has 1 saturated heterocycles. The van der Waals surface area contributed by atoms with Crippen LogP contribution in [0.25, 0.3) is 0 Å². The predicted octanol–water partition coefficient (Wildman–Crippen LogP) is 1.78. The van der Waals surface area contributed by atoms with Gasteiger partial charge in [-0.2, -0.15) is 0 Å². The number of ether oxygens (including phenoxy) is 1. The number of carbonyl (C=O) groups excluding carboxylic acids is 2. The Kier molecular flexibility index (Phi) is 6.29. The zero-order valence-electron chi connectivity index (χ0n) is 16.4. The molecule has 1 aliphatic heterocycles. The molecule has 144 valence electrons. The van der Waals surface area contributed by atoms with Crippen LogP contribution in [0.5, 0.6) is 5.75 Å². The zero-order valence-corrected chi connectivity index (χ0v) is 16.4. The van der Waals surface area contributed by atoms with E-state index in [0.717, 1.165) is 24.2 Å². The molecule has 1 fully saturated rings. The zero-order chi connectivity index (χ0) is 19.4. The SMILES string of the molecule is COc1ccc(CCNC(=O)C(=O)NC2CC(C)(C)NC(C)(C)C2)cc1. The van der Waals surface area contributed by atoms with E-state index in [1.54, 1.807) is 7.11 Å². The number of carbonyl (C=O) groups is 2. The van der Waals surface area contributed by atoms with Crippen LogP contribution in [0, 0.1) is 0 Å². The van der Waals surface area contributed by atoms with Gasteiger partial charge in [0.05, 0.1) is 7.11 Å². The van der Waals surface area contributed by atoms with Gasteiger partial charge in [-0.05, 0) is 64.7 Å². The first-order valence-corrected chi connectivity index (χ1v) is 9.11. The molecule has 1 aromatic carbocycles. The molecule has 0 saturated carbocycles. The number of nitrogens with one attached hydrogen (secondary N) is 3. The summed E-state index contributed by atoms with van der Waals surface area (Å²) in [6, 6.07) is 7.64. The first-order chi connectivity index (χ1) is 12.1. The molecule has 0 aromatic heterocycles. The van der Waals surface area contributed by atoms with Crippen molar-refractivity contribution in [2.75, 3.05) is 13.7 Å². The van der Waals surface area contributed by atoms with Crippen LogP contribution in [-0.4, -0.2) is 42.6 Å². The van der Waals surface area contributed by atoms with Crippen LogP contribution >= 0.6 is 0 Å². The number of piperidine rings is 1. The molecular weight excluding hydrogens is 330 g/mol. The maximum atomic E-state index is 12.2. The minimum absolute atomic E-state index is 0.0129. The highest BCUT2D eigenvalue weighted by Crippen LogP contribution is 2.28. The standard InChI is InChI=1S/C20H31N3O3/c1-19(2)12-15(13-20(3,4)23-19)22-18(25)17(24)21-11-10-14-6-8-16(26-5)9-7-14/h6-9,15,23H,10-13H2,1-5H3,(H,21,24)(H,22,25). The summed E-state index contributed by atoms with van der Waals surface area (Å²) in [6.45, 7) is 8.87. The second kappa shape index (κ2) is 8.08. The summed E-state index contributed by atoms with van der Waals surface area (Å²) in [5, 5.41) is 9.14. The number of methoxy groups -OCH3 is 1. The fraction of sp³-hybridized carbons (Fsp3) is 0.600. The van der Waals surface area contributed by atoms with Crippen LogP contribution in [-0.2, 0) is 16.0 Å². The van der Waals surface area contributed by atoms with Crippen LogP contribution in [0.3, 0.4) is 0 Å². The van der Waals surface area contributed by atoms with E-state index in [1.807, 2.05) is 24.3 Å². The third kappa shape index (κ3) is 6.02. The Morgan fingerprint density at radius 1 is 1.08 bits per heavy atom. The Bertz CT molecular complexity index is 622. The smallest absolute Gasteiger partial charge is 0.309 e. The van der Waals surface area contributed by atoms with Crippen LogP contribution in [0.2, 0.25) is 0 Å². The van der Waals surface area contributed by atoms with E-state index in [0.29, 0.717) is 13.0 Å². The van der Waals surface area contributed by atoms with Gasteiger partial charge in [0.1, 0.15) is 5.75 Å². The molecule has 0 unspecified atom stereocenters. The summed E-state index contributed by atoms with van der Waals surface area (Å²) in [5.41, 5.74) is 0.920. The monoisotopic (exact) mass is 361 g/mol. The third-order valence-corrected chi connectivity index (χ3v) is 4.59. The van der Waals surface area contributed by atoms with Crippen molar-refractivity contribution in [2.24, 2.45) is 0 Å². The van der Waals surface area contributed by atoms with Crippen molar-refractivity contribution in [2.45, 2.75) is 64.1 Å². The van der Waals surface area contributed by atoms with E-state index < -0.39 is 11.8 Å². The molecule has 2 rings (SSSR count). The quantitative estimate of drug-likeness (QED) is 0.699.